The number of aromatic nitrogens is 2. The molecule has 24 heavy (non-hydrogen) atoms. The molecule has 0 unspecified atom stereocenters. The van der Waals surface area contributed by atoms with Crippen LogP contribution in [0.2, 0.25) is 0 Å². The summed E-state index contributed by atoms with van der Waals surface area (Å²) in [4.78, 5) is 10.8. The average Bonchev–Trinajstić information content (AvgIpc) is 3.10. The third-order valence-corrected chi connectivity index (χ3v) is 4.58. The number of hydrogen-bond donors (Lipinski definition) is 2. The summed E-state index contributed by atoms with van der Waals surface area (Å²) < 4.78 is 5.23. The van der Waals surface area contributed by atoms with Gasteiger partial charge in [-0.2, -0.15) is 4.99 Å². The topological polar surface area (TPSA) is 119 Å². The van der Waals surface area contributed by atoms with Gasteiger partial charge in [0.1, 0.15) is 5.66 Å². The summed E-state index contributed by atoms with van der Waals surface area (Å²) in [6, 6.07) is 7.78. The molecule has 1 aromatic heterocycles. The van der Waals surface area contributed by atoms with Gasteiger partial charge in [-0.3, -0.25) is 4.90 Å². The summed E-state index contributed by atoms with van der Waals surface area (Å²) in [6.45, 7) is 0. The maximum absolute atomic E-state index is 6.21. The molecule has 1 aliphatic carbocycles. The fraction of sp³-hybridized carbons (Fsp3) is 0.375. The Kier molecular flexibility index (Phi) is 3.44. The van der Waals surface area contributed by atoms with Crippen LogP contribution in [0.1, 0.15) is 32.1 Å². The summed E-state index contributed by atoms with van der Waals surface area (Å²) in [5.41, 5.74) is 13.5. The number of aliphatic imine (C=N–C) groups is 2. The fourth-order valence-electron chi connectivity index (χ4n) is 3.55. The molecular formula is C16H19N7O. The highest BCUT2D eigenvalue weighted by Gasteiger charge is 2.42. The third kappa shape index (κ3) is 2.40. The van der Waals surface area contributed by atoms with Crippen LogP contribution in [-0.2, 0) is 0 Å². The average molecular weight is 325 g/mol. The molecule has 124 valence electrons. The normalized spacial score (nSPS) is 19.9. The number of hydrogen-bond acceptors (Lipinski definition) is 8. The van der Waals surface area contributed by atoms with Gasteiger partial charge in [0, 0.05) is 11.3 Å². The summed E-state index contributed by atoms with van der Waals surface area (Å²) >= 11 is 0. The number of rotatable bonds is 2. The molecule has 1 aliphatic heterocycles. The molecule has 4 N–H and O–H groups in total. The highest BCUT2D eigenvalue weighted by atomic mass is 16.4. The number of nitrogens with two attached hydrogens (primary N) is 2. The zero-order chi connectivity index (χ0) is 16.6. The number of benzene rings is 1. The Morgan fingerprint density at radius 2 is 1.79 bits per heavy atom. The molecule has 8 nitrogen and oxygen atoms in total. The van der Waals surface area contributed by atoms with Crippen LogP contribution in [0.4, 0.5) is 5.69 Å². The van der Waals surface area contributed by atoms with Crippen LogP contribution >= 0.6 is 0 Å². The molecule has 1 aromatic carbocycles. The SMILES string of the molecule is NC1=NC2(CCCCC2)N(c2ccc(-c3nnco3)cc2)C(N)=N1. The van der Waals surface area contributed by atoms with E-state index in [0.29, 0.717) is 11.9 Å². The molecule has 1 spiro atoms. The molecule has 0 radical (unpaired) electrons. The van der Waals surface area contributed by atoms with Crippen LogP contribution in [0.25, 0.3) is 11.5 Å². The Morgan fingerprint density at radius 3 is 2.46 bits per heavy atom. The lowest BCUT2D eigenvalue weighted by molar-refractivity contribution is 0.305. The first-order valence-corrected chi connectivity index (χ1v) is 8.04. The quantitative estimate of drug-likeness (QED) is 0.869. The van der Waals surface area contributed by atoms with Crippen molar-refractivity contribution in [1.82, 2.24) is 10.2 Å². The first-order valence-electron chi connectivity index (χ1n) is 8.04. The van der Waals surface area contributed by atoms with Gasteiger partial charge in [-0.05, 0) is 49.9 Å². The van der Waals surface area contributed by atoms with Crippen LogP contribution in [0.5, 0.6) is 0 Å². The molecule has 0 atom stereocenters. The minimum absolute atomic E-state index is 0.258. The molecule has 0 bridgehead atoms. The van der Waals surface area contributed by atoms with E-state index in [1.54, 1.807) is 0 Å². The van der Waals surface area contributed by atoms with Crippen molar-refractivity contribution in [2.24, 2.45) is 21.5 Å². The maximum Gasteiger partial charge on any atom is 0.247 e. The summed E-state index contributed by atoms with van der Waals surface area (Å²) in [6.07, 6.45) is 6.54. The third-order valence-electron chi connectivity index (χ3n) is 4.58. The minimum atomic E-state index is -0.430. The van der Waals surface area contributed by atoms with Crippen molar-refractivity contribution in [3.05, 3.63) is 30.7 Å². The van der Waals surface area contributed by atoms with Gasteiger partial charge in [-0.25, -0.2) is 4.99 Å². The maximum atomic E-state index is 6.21. The Bertz CT molecular complexity index is 773. The van der Waals surface area contributed by atoms with E-state index in [1.807, 2.05) is 29.2 Å². The number of anilines is 1. The van der Waals surface area contributed by atoms with E-state index >= 15 is 0 Å². The molecular weight excluding hydrogens is 306 g/mol. The summed E-state index contributed by atoms with van der Waals surface area (Å²) in [5, 5.41) is 7.62. The highest BCUT2D eigenvalue weighted by Crippen LogP contribution is 2.39. The predicted molar refractivity (Wildman–Crippen MR) is 91.3 cm³/mol. The molecule has 0 saturated heterocycles. The molecule has 1 fully saturated rings. The Morgan fingerprint density at radius 1 is 1.04 bits per heavy atom. The Labute approximate surface area is 139 Å². The Balaban J connectivity index is 1.71. The zero-order valence-electron chi connectivity index (χ0n) is 13.2. The smallest absolute Gasteiger partial charge is 0.247 e. The molecule has 8 heteroatoms. The van der Waals surface area contributed by atoms with Crippen LogP contribution in [0, 0.1) is 0 Å². The summed E-state index contributed by atoms with van der Waals surface area (Å²) in [5.74, 6) is 1.12. The van der Waals surface area contributed by atoms with Crippen LogP contribution in [0.3, 0.4) is 0 Å². The van der Waals surface area contributed by atoms with Crippen LogP contribution in [-0.4, -0.2) is 27.8 Å². The van der Waals surface area contributed by atoms with Crippen molar-refractivity contribution in [3.63, 3.8) is 0 Å². The monoisotopic (exact) mass is 325 g/mol. The largest absolute Gasteiger partial charge is 0.423 e. The van der Waals surface area contributed by atoms with E-state index < -0.39 is 5.66 Å². The van der Waals surface area contributed by atoms with Gasteiger partial charge in [-0.15, -0.1) is 10.2 Å². The first-order chi connectivity index (χ1) is 11.7. The van der Waals surface area contributed by atoms with Crippen molar-refractivity contribution in [1.29, 1.82) is 0 Å². The lowest BCUT2D eigenvalue weighted by Gasteiger charge is -2.45. The molecule has 1 saturated carbocycles. The van der Waals surface area contributed by atoms with Gasteiger partial charge in [-0.1, -0.05) is 6.42 Å². The van der Waals surface area contributed by atoms with Crippen molar-refractivity contribution in [2.45, 2.75) is 37.8 Å². The van der Waals surface area contributed by atoms with E-state index in [4.69, 9.17) is 15.9 Å². The number of guanidine groups is 2. The molecule has 4 rings (SSSR count). The van der Waals surface area contributed by atoms with Gasteiger partial charge in [0.05, 0.1) is 0 Å². The molecule has 2 heterocycles. The van der Waals surface area contributed by atoms with Crippen LogP contribution < -0.4 is 16.4 Å². The molecule has 2 aromatic rings. The van der Waals surface area contributed by atoms with Crippen molar-refractivity contribution < 1.29 is 4.42 Å². The second kappa shape index (κ2) is 5.63. The van der Waals surface area contributed by atoms with E-state index in [0.717, 1.165) is 36.9 Å². The van der Waals surface area contributed by atoms with E-state index in [1.165, 1.54) is 12.8 Å². The fourth-order valence-corrected chi connectivity index (χ4v) is 3.55. The minimum Gasteiger partial charge on any atom is -0.423 e. The molecule has 2 aliphatic rings. The van der Waals surface area contributed by atoms with Gasteiger partial charge in [0.2, 0.25) is 24.2 Å². The second-order valence-electron chi connectivity index (χ2n) is 6.11. The molecule has 0 amide bonds. The van der Waals surface area contributed by atoms with Gasteiger partial charge >= 0.3 is 0 Å². The lowest BCUT2D eigenvalue weighted by atomic mass is 9.87. The predicted octanol–water partition coefficient (Wildman–Crippen LogP) is 1.85. The van der Waals surface area contributed by atoms with E-state index in [-0.39, 0.29) is 5.96 Å². The van der Waals surface area contributed by atoms with Crippen molar-refractivity contribution in [3.8, 4) is 11.5 Å². The van der Waals surface area contributed by atoms with Gasteiger partial charge in [0.25, 0.3) is 0 Å². The van der Waals surface area contributed by atoms with E-state index in [2.05, 4.69) is 20.2 Å². The van der Waals surface area contributed by atoms with Crippen molar-refractivity contribution in [2.75, 3.05) is 4.90 Å². The number of nitrogens with zero attached hydrogens (tertiary/aromatic N) is 5. The van der Waals surface area contributed by atoms with E-state index in [9.17, 15) is 0 Å². The van der Waals surface area contributed by atoms with Gasteiger partial charge in [0.15, 0.2) is 0 Å². The van der Waals surface area contributed by atoms with Crippen molar-refractivity contribution >= 4 is 17.6 Å². The highest BCUT2D eigenvalue weighted by molar-refractivity contribution is 6.05. The van der Waals surface area contributed by atoms with Crippen LogP contribution in [0.15, 0.2) is 45.1 Å². The first kappa shape index (κ1) is 14.7. The zero-order valence-corrected chi connectivity index (χ0v) is 13.2. The standard InChI is InChI=1S/C16H19N7O/c17-14-20-15(18)23(16(21-14)8-2-1-3-9-16)12-6-4-11(5-7-12)13-22-19-10-24-13/h4-7,10H,1-3,8-9H2,(H4,17,18,20,21). The van der Waals surface area contributed by atoms with Gasteiger partial charge < -0.3 is 15.9 Å². The lowest BCUT2D eigenvalue weighted by Crippen LogP contribution is -2.58. The Hall–Kier alpha value is -2.90. The summed E-state index contributed by atoms with van der Waals surface area (Å²) in [7, 11) is 0. The second-order valence-corrected chi connectivity index (χ2v) is 6.11.